The summed E-state index contributed by atoms with van der Waals surface area (Å²) in [6.07, 6.45) is 0. The van der Waals surface area contributed by atoms with E-state index in [0.29, 0.717) is 12.1 Å². The third-order valence-corrected chi connectivity index (χ3v) is 2.96. The van der Waals surface area contributed by atoms with Gasteiger partial charge in [0.05, 0.1) is 0 Å². The molecule has 116 valence electrons. The second-order valence-corrected chi connectivity index (χ2v) is 6.10. The molecule has 0 spiro atoms. The van der Waals surface area contributed by atoms with Crippen LogP contribution in [0.25, 0.3) is 0 Å². The van der Waals surface area contributed by atoms with E-state index in [1.54, 1.807) is 12.1 Å². The zero-order valence-corrected chi connectivity index (χ0v) is 13.2. The van der Waals surface area contributed by atoms with Crippen LogP contribution in [0.15, 0.2) is 48.5 Å². The number of rotatable bonds is 4. The highest BCUT2D eigenvalue weighted by atomic mass is 16.5. The Morgan fingerprint density at radius 1 is 1.14 bits per heavy atom. The van der Waals surface area contributed by atoms with E-state index < -0.39 is 0 Å². The quantitative estimate of drug-likeness (QED) is 0.907. The van der Waals surface area contributed by atoms with E-state index in [1.165, 1.54) is 0 Å². The first-order chi connectivity index (χ1) is 10.4. The summed E-state index contributed by atoms with van der Waals surface area (Å²) in [5.74, 6) is 0.621. The van der Waals surface area contributed by atoms with Crippen molar-refractivity contribution >= 4 is 11.6 Å². The number of nitrogens with one attached hydrogen (secondary N) is 1. The lowest BCUT2D eigenvalue weighted by atomic mass is 10.1. The van der Waals surface area contributed by atoms with E-state index in [4.69, 9.17) is 10.5 Å². The van der Waals surface area contributed by atoms with Crippen LogP contribution in [0.1, 0.15) is 36.7 Å². The first kappa shape index (κ1) is 16.0. The number of ether oxygens (including phenoxy) is 1. The molecule has 0 saturated carbocycles. The summed E-state index contributed by atoms with van der Waals surface area (Å²) in [5.41, 5.74) is 7.60. The lowest BCUT2D eigenvalue weighted by Crippen LogP contribution is -2.22. The molecule has 0 fully saturated rings. The number of nitrogens with two attached hydrogens (primary N) is 1. The van der Waals surface area contributed by atoms with Crippen molar-refractivity contribution < 1.29 is 9.53 Å². The molecule has 0 radical (unpaired) electrons. The highest BCUT2D eigenvalue weighted by molar-refractivity contribution is 6.04. The molecule has 2 aromatic rings. The molecule has 1 amide bonds. The van der Waals surface area contributed by atoms with E-state index in [1.807, 2.05) is 57.2 Å². The minimum absolute atomic E-state index is 0.153. The lowest BCUT2D eigenvalue weighted by molar-refractivity contribution is 0.102. The van der Waals surface area contributed by atoms with Crippen molar-refractivity contribution in [3.05, 3.63) is 59.7 Å². The number of hydrogen-bond acceptors (Lipinski definition) is 3. The lowest BCUT2D eigenvalue weighted by Gasteiger charge is -2.21. The molecule has 0 heterocycles. The third kappa shape index (κ3) is 4.60. The molecule has 2 rings (SSSR count). The number of anilines is 1. The Kier molecular flexibility index (Phi) is 4.83. The molecular weight excluding hydrogens is 276 g/mol. The van der Waals surface area contributed by atoms with Crippen molar-refractivity contribution in [1.29, 1.82) is 0 Å². The molecule has 0 aliphatic heterocycles. The molecule has 0 atom stereocenters. The maximum absolute atomic E-state index is 12.2. The predicted molar refractivity (Wildman–Crippen MR) is 89.1 cm³/mol. The topological polar surface area (TPSA) is 64.3 Å². The van der Waals surface area contributed by atoms with Crippen molar-refractivity contribution in [3.63, 3.8) is 0 Å². The van der Waals surface area contributed by atoms with E-state index >= 15 is 0 Å². The second-order valence-electron chi connectivity index (χ2n) is 6.10. The zero-order valence-electron chi connectivity index (χ0n) is 13.2. The zero-order chi connectivity index (χ0) is 16.2. The van der Waals surface area contributed by atoms with Gasteiger partial charge in [0, 0.05) is 17.8 Å². The van der Waals surface area contributed by atoms with Crippen LogP contribution in [-0.4, -0.2) is 11.5 Å². The molecule has 0 aromatic heterocycles. The van der Waals surface area contributed by atoms with Gasteiger partial charge in [0.25, 0.3) is 5.91 Å². The van der Waals surface area contributed by atoms with Crippen LogP contribution in [0.5, 0.6) is 5.75 Å². The SMILES string of the molecule is CC(C)(C)Oc1ccc(NC(=O)c2cccc(CN)c2)cc1. The molecule has 0 aliphatic carbocycles. The fourth-order valence-electron chi connectivity index (χ4n) is 2.00. The summed E-state index contributed by atoms with van der Waals surface area (Å²) >= 11 is 0. The van der Waals surface area contributed by atoms with Gasteiger partial charge in [-0.2, -0.15) is 0 Å². The van der Waals surface area contributed by atoms with E-state index in [0.717, 1.165) is 17.0 Å². The van der Waals surface area contributed by atoms with Crippen LogP contribution < -0.4 is 15.8 Å². The summed E-state index contributed by atoms with van der Waals surface area (Å²) in [6.45, 7) is 6.40. The van der Waals surface area contributed by atoms with Gasteiger partial charge in [-0.05, 0) is 62.7 Å². The van der Waals surface area contributed by atoms with Gasteiger partial charge < -0.3 is 15.8 Å². The normalized spacial score (nSPS) is 11.1. The molecule has 0 unspecified atom stereocenters. The molecule has 2 aromatic carbocycles. The summed E-state index contributed by atoms with van der Waals surface area (Å²) in [7, 11) is 0. The number of hydrogen-bond donors (Lipinski definition) is 2. The van der Waals surface area contributed by atoms with E-state index in [9.17, 15) is 4.79 Å². The molecule has 3 N–H and O–H groups in total. The number of carbonyl (C=O) groups excluding carboxylic acids is 1. The van der Waals surface area contributed by atoms with Crippen molar-refractivity contribution in [3.8, 4) is 5.75 Å². The van der Waals surface area contributed by atoms with Crippen LogP contribution in [0.2, 0.25) is 0 Å². The monoisotopic (exact) mass is 298 g/mol. The van der Waals surface area contributed by atoms with Crippen LogP contribution in [0, 0.1) is 0 Å². The number of carbonyl (C=O) groups is 1. The van der Waals surface area contributed by atoms with Crippen molar-refractivity contribution in [1.82, 2.24) is 0 Å². The Hall–Kier alpha value is -2.33. The van der Waals surface area contributed by atoms with Gasteiger partial charge in [0.15, 0.2) is 0 Å². The summed E-state index contributed by atoms with van der Waals surface area (Å²) in [6, 6.07) is 14.6. The predicted octanol–water partition coefficient (Wildman–Crippen LogP) is 3.57. The highest BCUT2D eigenvalue weighted by Gasteiger charge is 2.12. The van der Waals surface area contributed by atoms with Crippen molar-refractivity contribution in [2.75, 3.05) is 5.32 Å². The summed E-state index contributed by atoms with van der Waals surface area (Å²) in [4.78, 5) is 12.2. The molecule has 22 heavy (non-hydrogen) atoms. The van der Waals surface area contributed by atoms with Gasteiger partial charge in [-0.15, -0.1) is 0 Å². The average molecular weight is 298 g/mol. The largest absolute Gasteiger partial charge is 0.488 e. The van der Waals surface area contributed by atoms with E-state index in [2.05, 4.69) is 5.32 Å². The standard InChI is InChI=1S/C18H22N2O2/c1-18(2,3)22-16-9-7-15(8-10-16)20-17(21)14-6-4-5-13(11-14)12-19/h4-11H,12,19H2,1-3H3,(H,20,21). The first-order valence-electron chi connectivity index (χ1n) is 7.27. The summed E-state index contributed by atoms with van der Waals surface area (Å²) in [5, 5.41) is 2.86. The van der Waals surface area contributed by atoms with Gasteiger partial charge in [0.2, 0.25) is 0 Å². The van der Waals surface area contributed by atoms with Gasteiger partial charge in [-0.25, -0.2) is 0 Å². The fraction of sp³-hybridized carbons (Fsp3) is 0.278. The van der Waals surface area contributed by atoms with E-state index in [-0.39, 0.29) is 11.5 Å². The van der Waals surface area contributed by atoms with Crippen LogP contribution in [-0.2, 0) is 6.54 Å². The highest BCUT2D eigenvalue weighted by Crippen LogP contribution is 2.21. The third-order valence-electron chi connectivity index (χ3n) is 2.96. The Balaban J connectivity index is 2.05. The maximum Gasteiger partial charge on any atom is 0.255 e. The van der Waals surface area contributed by atoms with Gasteiger partial charge in [-0.3, -0.25) is 4.79 Å². The van der Waals surface area contributed by atoms with Crippen LogP contribution in [0.4, 0.5) is 5.69 Å². The fourth-order valence-corrected chi connectivity index (χ4v) is 2.00. The Morgan fingerprint density at radius 3 is 2.41 bits per heavy atom. The molecule has 0 bridgehead atoms. The molecule has 0 aliphatic rings. The Labute approximate surface area is 131 Å². The first-order valence-corrected chi connectivity index (χ1v) is 7.27. The summed E-state index contributed by atoms with van der Waals surface area (Å²) < 4.78 is 5.75. The minimum atomic E-state index is -0.243. The van der Waals surface area contributed by atoms with Crippen molar-refractivity contribution in [2.24, 2.45) is 5.73 Å². The Bertz CT molecular complexity index is 643. The van der Waals surface area contributed by atoms with Crippen LogP contribution in [0.3, 0.4) is 0 Å². The van der Waals surface area contributed by atoms with Crippen molar-refractivity contribution in [2.45, 2.75) is 32.9 Å². The average Bonchev–Trinajstić information content (AvgIpc) is 2.48. The number of benzene rings is 2. The number of amides is 1. The molecule has 4 heteroatoms. The van der Waals surface area contributed by atoms with Gasteiger partial charge >= 0.3 is 0 Å². The molecular formula is C18H22N2O2. The van der Waals surface area contributed by atoms with Gasteiger partial charge in [0.1, 0.15) is 11.4 Å². The maximum atomic E-state index is 12.2. The molecule has 4 nitrogen and oxygen atoms in total. The Morgan fingerprint density at radius 2 is 1.82 bits per heavy atom. The van der Waals surface area contributed by atoms with Gasteiger partial charge in [-0.1, -0.05) is 12.1 Å². The second kappa shape index (κ2) is 6.62. The molecule has 0 saturated heterocycles. The smallest absolute Gasteiger partial charge is 0.255 e. The minimum Gasteiger partial charge on any atom is -0.488 e. The van der Waals surface area contributed by atoms with Crippen LogP contribution >= 0.6 is 0 Å².